The van der Waals surface area contributed by atoms with Crippen LogP contribution in [0.15, 0.2) is 0 Å². The van der Waals surface area contributed by atoms with Crippen LogP contribution in [0.5, 0.6) is 0 Å². The second-order valence-corrected chi connectivity index (χ2v) is 2.64. The minimum atomic E-state index is 0.124. The number of rotatable bonds is 0. The van der Waals surface area contributed by atoms with Crippen LogP contribution in [0.3, 0.4) is 0 Å². The molecule has 0 aromatic carbocycles. The van der Waals surface area contributed by atoms with Crippen molar-refractivity contribution in [1.82, 2.24) is 0 Å². The smallest absolute Gasteiger partial charge is 0.238 e. The van der Waals surface area contributed by atoms with Gasteiger partial charge in [-0.1, -0.05) is 6.42 Å². The van der Waals surface area contributed by atoms with Gasteiger partial charge in [-0.05, 0) is 12.8 Å². The summed E-state index contributed by atoms with van der Waals surface area (Å²) in [6.07, 6.45) is 4.48. The molecule has 9 heavy (non-hydrogen) atoms. The first kappa shape index (κ1) is 6.57. The highest BCUT2D eigenvalue weighted by atomic mass is 14.8. The zero-order valence-corrected chi connectivity index (χ0v) is 5.51. The average Bonchev–Trinajstić information content (AvgIpc) is 1.89. The molecule has 0 aliphatic heterocycles. The molecule has 0 spiro atoms. The largest absolute Gasteiger partial charge is 0.321 e. The molecule has 50 valence electrons. The van der Waals surface area contributed by atoms with E-state index in [0.717, 1.165) is 12.8 Å². The summed E-state index contributed by atoms with van der Waals surface area (Å²) < 4.78 is 0. The van der Waals surface area contributed by atoms with Crippen molar-refractivity contribution in [2.45, 2.75) is 37.8 Å². The van der Waals surface area contributed by atoms with Crippen LogP contribution in [-0.2, 0) is 0 Å². The van der Waals surface area contributed by atoms with Gasteiger partial charge in [-0.15, -0.1) is 0 Å². The van der Waals surface area contributed by atoms with Gasteiger partial charge in [0.1, 0.15) is 0 Å². The van der Waals surface area contributed by atoms with Crippen molar-refractivity contribution in [3.05, 3.63) is 11.4 Å². The molecule has 2 atom stereocenters. The summed E-state index contributed by atoms with van der Waals surface area (Å²) in [6.45, 7) is 6.77. The summed E-state index contributed by atoms with van der Waals surface area (Å²) in [6, 6.07) is 0.287. The van der Waals surface area contributed by atoms with E-state index in [4.69, 9.17) is 12.3 Å². The maximum atomic E-state index is 6.77. The number of nitrogens with two attached hydrogens (primary N) is 1. The van der Waals surface area contributed by atoms with Gasteiger partial charge in [-0.2, -0.15) is 0 Å². The molecule has 0 saturated heterocycles. The Kier molecular flexibility index (Phi) is 2.07. The fraction of sp³-hybridized carbons (Fsp3) is 0.857. The molecule has 0 aromatic rings. The molecule has 1 aliphatic rings. The maximum absolute atomic E-state index is 6.77. The first-order chi connectivity index (χ1) is 4.34. The second-order valence-electron chi connectivity index (χ2n) is 2.64. The minimum absolute atomic E-state index is 0.124. The fourth-order valence-electron chi connectivity index (χ4n) is 1.30. The van der Waals surface area contributed by atoms with Crippen LogP contribution in [0.25, 0.3) is 4.85 Å². The van der Waals surface area contributed by atoms with E-state index in [9.17, 15) is 0 Å². The summed E-state index contributed by atoms with van der Waals surface area (Å²) >= 11 is 0. The van der Waals surface area contributed by atoms with Gasteiger partial charge in [0, 0.05) is 6.42 Å². The van der Waals surface area contributed by atoms with Gasteiger partial charge < -0.3 is 10.6 Å². The zero-order chi connectivity index (χ0) is 6.69. The van der Waals surface area contributed by atoms with Gasteiger partial charge in [0.2, 0.25) is 6.04 Å². The summed E-state index contributed by atoms with van der Waals surface area (Å²) in [5.41, 5.74) is 5.68. The van der Waals surface area contributed by atoms with Crippen LogP contribution in [0.4, 0.5) is 0 Å². The van der Waals surface area contributed by atoms with Crippen molar-refractivity contribution < 1.29 is 0 Å². The Bertz CT molecular complexity index is 125. The lowest BCUT2D eigenvalue weighted by Gasteiger charge is -2.18. The van der Waals surface area contributed by atoms with Crippen molar-refractivity contribution in [2.24, 2.45) is 5.73 Å². The summed E-state index contributed by atoms with van der Waals surface area (Å²) in [4.78, 5) is 3.45. The van der Waals surface area contributed by atoms with E-state index in [1.807, 2.05) is 0 Å². The molecule has 1 saturated carbocycles. The van der Waals surface area contributed by atoms with Crippen LogP contribution in [-0.4, -0.2) is 12.1 Å². The average molecular weight is 124 g/mol. The Labute approximate surface area is 55.9 Å². The maximum Gasteiger partial charge on any atom is 0.238 e. The first-order valence-electron chi connectivity index (χ1n) is 3.46. The van der Waals surface area contributed by atoms with Crippen LogP contribution in [0.1, 0.15) is 25.7 Å². The third-order valence-electron chi connectivity index (χ3n) is 1.95. The number of hydrogen-bond donors (Lipinski definition) is 1. The number of nitrogens with zero attached hydrogens (tertiary/aromatic N) is 1. The molecular weight excluding hydrogens is 112 g/mol. The number of hydrogen-bond acceptors (Lipinski definition) is 1. The monoisotopic (exact) mass is 124 g/mol. The van der Waals surface area contributed by atoms with Gasteiger partial charge in [-0.25, -0.2) is 6.57 Å². The van der Waals surface area contributed by atoms with E-state index in [2.05, 4.69) is 4.85 Å². The van der Waals surface area contributed by atoms with Crippen LogP contribution >= 0.6 is 0 Å². The molecule has 2 heteroatoms. The van der Waals surface area contributed by atoms with E-state index in [1.165, 1.54) is 12.8 Å². The topological polar surface area (TPSA) is 30.4 Å². The van der Waals surface area contributed by atoms with Gasteiger partial charge in [0.25, 0.3) is 0 Å². The van der Waals surface area contributed by atoms with Crippen LogP contribution in [0.2, 0.25) is 0 Å². The molecule has 2 N–H and O–H groups in total. The van der Waals surface area contributed by atoms with E-state index < -0.39 is 0 Å². The zero-order valence-electron chi connectivity index (χ0n) is 5.51. The van der Waals surface area contributed by atoms with Gasteiger partial charge >= 0.3 is 0 Å². The first-order valence-corrected chi connectivity index (χ1v) is 3.46. The summed E-state index contributed by atoms with van der Waals surface area (Å²) in [7, 11) is 0. The van der Waals surface area contributed by atoms with E-state index in [1.54, 1.807) is 0 Å². The second kappa shape index (κ2) is 2.84. The molecule has 0 amide bonds. The lowest BCUT2D eigenvalue weighted by Crippen LogP contribution is -2.35. The summed E-state index contributed by atoms with van der Waals surface area (Å²) in [5.74, 6) is 0. The molecule has 1 rings (SSSR count). The van der Waals surface area contributed by atoms with Crippen molar-refractivity contribution in [3.8, 4) is 0 Å². The quantitative estimate of drug-likeness (QED) is 0.483. The standard InChI is InChI=1S/C7H12N2/c1-9-7-5-3-2-4-6(7)8/h6-7H,2-5,8H2/t6-,7-/m1/s1. The Morgan fingerprint density at radius 1 is 1.33 bits per heavy atom. The highest BCUT2D eigenvalue weighted by molar-refractivity contribution is 4.91. The minimum Gasteiger partial charge on any atom is -0.321 e. The fourth-order valence-corrected chi connectivity index (χ4v) is 1.30. The predicted molar refractivity (Wildman–Crippen MR) is 36.8 cm³/mol. The van der Waals surface area contributed by atoms with Gasteiger partial charge in [-0.3, -0.25) is 0 Å². The summed E-state index contributed by atoms with van der Waals surface area (Å²) in [5, 5.41) is 0. The van der Waals surface area contributed by atoms with Crippen molar-refractivity contribution >= 4 is 0 Å². The van der Waals surface area contributed by atoms with E-state index in [-0.39, 0.29) is 12.1 Å². The molecule has 2 nitrogen and oxygen atoms in total. The van der Waals surface area contributed by atoms with E-state index >= 15 is 0 Å². The lowest BCUT2D eigenvalue weighted by molar-refractivity contribution is 0.420. The molecule has 0 heterocycles. The normalized spacial score (nSPS) is 35.6. The molecule has 1 fully saturated rings. The Hall–Kier alpha value is -0.550. The van der Waals surface area contributed by atoms with Crippen molar-refractivity contribution in [2.75, 3.05) is 0 Å². The molecular formula is C7H12N2. The van der Waals surface area contributed by atoms with Gasteiger partial charge in [0.05, 0.1) is 6.04 Å². The van der Waals surface area contributed by atoms with Crippen LogP contribution < -0.4 is 5.73 Å². The van der Waals surface area contributed by atoms with Crippen molar-refractivity contribution in [3.63, 3.8) is 0 Å². The molecule has 0 bridgehead atoms. The molecule has 1 aliphatic carbocycles. The molecule has 0 aromatic heterocycles. The highest BCUT2D eigenvalue weighted by Gasteiger charge is 2.25. The lowest BCUT2D eigenvalue weighted by atomic mass is 9.92. The SMILES string of the molecule is [C-]#[N+][C@@H]1CCCC[C@H]1N. The Balaban J connectivity index is 2.41. The Morgan fingerprint density at radius 2 is 2.00 bits per heavy atom. The molecule has 0 radical (unpaired) electrons. The highest BCUT2D eigenvalue weighted by Crippen LogP contribution is 2.19. The molecule has 0 unspecified atom stereocenters. The van der Waals surface area contributed by atoms with E-state index in [0.29, 0.717) is 0 Å². The Morgan fingerprint density at radius 3 is 2.44 bits per heavy atom. The predicted octanol–water partition coefficient (Wildman–Crippen LogP) is 1.18. The van der Waals surface area contributed by atoms with Crippen molar-refractivity contribution in [1.29, 1.82) is 0 Å². The third kappa shape index (κ3) is 1.43. The van der Waals surface area contributed by atoms with Crippen LogP contribution in [0, 0.1) is 6.57 Å². The van der Waals surface area contributed by atoms with Gasteiger partial charge in [0.15, 0.2) is 0 Å². The third-order valence-corrected chi connectivity index (χ3v) is 1.95.